The number of pyridine rings is 1. The average Bonchev–Trinajstić information content (AvgIpc) is 3.14. The van der Waals surface area contributed by atoms with Gasteiger partial charge >= 0.3 is 0 Å². The van der Waals surface area contributed by atoms with Crippen molar-refractivity contribution in [3.05, 3.63) is 77.6 Å². The summed E-state index contributed by atoms with van der Waals surface area (Å²) in [7, 11) is 0. The van der Waals surface area contributed by atoms with Crippen molar-refractivity contribution in [3.63, 3.8) is 0 Å². The van der Waals surface area contributed by atoms with Gasteiger partial charge in [0.25, 0.3) is 5.91 Å². The zero-order valence-corrected chi connectivity index (χ0v) is 16.3. The SMILES string of the molecule is Cc1cc(CNC(=O)C[n+]2ccccc2C)c(O)c(-n2nc3ccccc3n2)c1. The number of aromatic nitrogens is 4. The van der Waals surface area contributed by atoms with Gasteiger partial charge in [0.1, 0.15) is 22.5 Å². The Labute approximate surface area is 168 Å². The first kappa shape index (κ1) is 18.6. The van der Waals surface area contributed by atoms with Crippen LogP contribution in [0.15, 0.2) is 60.8 Å². The van der Waals surface area contributed by atoms with Gasteiger partial charge in [0.15, 0.2) is 11.9 Å². The van der Waals surface area contributed by atoms with Gasteiger partial charge in [0.05, 0.1) is 0 Å². The zero-order chi connectivity index (χ0) is 20.4. The number of hydrogen-bond acceptors (Lipinski definition) is 4. The van der Waals surface area contributed by atoms with Crippen molar-refractivity contribution in [2.24, 2.45) is 0 Å². The van der Waals surface area contributed by atoms with Crippen LogP contribution < -0.4 is 9.88 Å². The molecule has 0 atom stereocenters. The second-order valence-corrected chi connectivity index (χ2v) is 7.02. The molecular weight excluding hydrogens is 366 g/mol. The molecule has 2 N–H and O–H groups in total. The van der Waals surface area contributed by atoms with Gasteiger partial charge in [-0.3, -0.25) is 4.79 Å². The van der Waals surface area contributed by atoms with Crippen molar-refractivity contribution in [2.75, 3.05) is 0 Å². The molecule has 0 radical (unpaired) electrons. The first-order chi connectivity index (χ1) is 14.0. The Kier molecular flexibility index (Phi) is 4.95. The Balaban J connectivity index is 1.55. The molecule has 0 fully saturated rings. The van der Waals surface area contributed by atoms with Crippen LogP contribution in [0, 0.1) is 13.8 Å². The third kappa shape index (κ3) is 3.94. The third-order valence-corrected chi connectivity index (χ3v) is 4.77. The van der Waals surface area contributed by atoms with Gasteiger partial charge in [-0.1, -0.05) is 24.3 Å². The highest BCUT2D eigenvalue weighted by atomic mass is 16.3. The minimum Gasteiger partial charge on any atom is -0.505 e. The van der Waals surface area contributed by atoms with Crippen LogP contribution in [0.1, 0.15) is 16.8 Å². The summed E-state index contributed by atoms with van der Waals surface area (Å²) >= 11 is 0. The molecule has 0 saturated carbocycles. The molecular formula is C22H22N5O2+. The molecule has 146 valence electrons. The zero-order valence-electron chi connectivity index (χ0n) is 16.3. The molecule has 0 spiro atoms. The maximum Gasteiger partial charge on any atom is 0.286 e. The van der Waals surface area contributed by atoms with E-state index in [4.69, 9.17) is 0 Å². The van der Waals surface area contributed by atoms with Gasteiger partial charge in [-0.05, 0) is 30.7 Å². The lowest BCUT2D eigenvalue weighted by molar-refractivity contribution is -0.690. The van der Waals surface area contributed by atoms with E-state index < -0.39 is 0 Å². The molecule has 7 heteroatoms. The largest absolute Gasteiger partial charge is 0.505 e. The van der Waals surface area contributed by atoms with Gasteiger partial charge in [0.2, 0.25) is 6.54 Å². The number of phenolic OH excluding ortho intramolecular Hbond substituents is 1. The third-order valence-electron chi connectivity index (χ3n) is 4.77. The number of carbonyl (C=O) groups excluding carboxylic acids is 1. The molecule has 0 aliphatic heterocycles. The van der Waals surface area contributed by atoms with Gasteiger partial charge in [-0.2, -0.15) is 4.57 Å². The molecule has 2 aromatic heterocycles. The van der Waals surface area contributed by atoms with Crippen molar-refractivity contribution >= 4 is 16.9 Å². The summed E-state index contributed by atoms with van der Waals surface area (Å²) in [4.78, 5) is 13.8. The van der Waals surface area contributed by atoms with Gasteiger partial charge < -0.3 is 10.4 Å². The van der Waals surface area contributed by atoms with Crippen molar-refractivity contribution in [3.8, 4) is 11.4 Å². The van der Waals surface area contributed by atoms with E-state index >= 15 is 0 Å². The van der Waals surface area contributed by atoms with Crippen molar-refractivity contribution in [2.45, 2.75) is 26.9 Å². The van der Waals surface area contributed by atoms with Crippen LogP contribution in [0.5, 0.6) is 5.75 Å². The standard InChI is InChI=1S/C22H21N5O2/c1-15-11-17(13-23-21(28)14-26-10-6-5-7-16(26)2)22(29)20(12-15)27-24-18-8-3-4-9-19(18)25-27/h3-12H,13-14H2,1-2H3,(H-,23,28,29)/p+1. The molecule has 4 rings (SSSR count). The maximum absolute atomic E-state index is 12.4. The number of nitrogens with one attached hydrogen (secondary N) is 1. The quantitative estimate of drug-likeness (QED) is 0.514. The lowest BCUT2D eigenvalue weighted by Gasteiger charge is -2.11. The summed E-state index contributed by atoms with van der Waals surface area (Å²) in [5.41, 5.74) is 4.54. The van der Waals surface area contributed by atoms with Crippen molar-refractivity contribution in [1.29, 1.82) is 0 Å². The first-order valence-corrected chi connectivity index (χ1v) is 9.38. The molecule has 0 unspecified atom stereocenters. The molecule has 4 aromatic rings. The molecule has 2 heterocycles. The van der Waals surface area contributed by atoms with Crippen LogP contribution in [0.2, 0.25) is 0 Å². The highest BCUT2D eigenvalue weighted by molar-refractivity contribution is 5.75. The average molecular weight is 388 g/mol. The maximum atomic E-state index is 12.4. The number of aryl methyl sites for hydroxylation is 2. The predicted molar refractivity (Wildman–Crippen MR) is 108 cm³/mol. The smallest absolute Gasteiger partial charge is 0.286 e. The fourth-order valence-electron chi connectivity index (χ4n) is 3.23. The van der Waals surface area contributed by atoms with Crippen LogP contribution in [0.25, 0.3) is 16.7 Å². The minimum atomic E-state index is -0.130. The Bertz CT molecular complexity index is 1170. The van der Waals surface area contributed by atoms with Crippen LogP contribution in [-0.4, -0.2) is 26.0 Å². The fourth-order valence-corrected chi connectivity index (χ4v) is 3.23. The van der Waals surface area contributed by atoms with Crippen molar-refractivity contribution < 1.29 is 14.5 Å². The number of benzene rings is 2. The number of aromatic hydroxyl groups is 1. The number of nitrogens with zero attached hydrogens (tertiary/aromatic N) is 4. The van der Waals surface area contributed by atoms with E-state index in [1.165, 1.54) is 4.80 Å². The number of fused-ring (bicyclic) bond motifs is 1. The molecule has 29 heavy (non-hydrogen) atoms. The number of hydrogen-bond donors (Lipinski definition) is 2. The molecule has 0 saturated heterocycles. The van der Waals surface area contributed by atoms with E-state index in [1.807, 2.05) is 79.2 Å². The lowest BCUT2D eigenvalue weighted by Crippen LogP contribution is -2.44. The molecule has 1 amide bonds. The van der Waals surface area contributed by atoms with E-state index in [0.717, 1.165) is 22.3 Å². The summed E-state index contributed by atoms with van der Waals surface area (Å²) in [6, 6.07) is 17.0. The summed E-state index contributed by atoms with van der Waals surface area (Å²) < 4.78 is 1.87. The molecule has 2 aromatic carbocycles. The van der Waals surface area contributed by atoms with E-state index in [1.54, 1.807) is 0 Å². The molecule has 0 aliphatic carbocycles. The van der Waals surface area contributed by atoms with Crippen LogP contribution in [0.4, 0.5) is 0 Å². The second kappa shape index (κ2) is 7.71. The van der Waals surface area contributed by atoms with Crippen LogP contribution in [0.3, 0.4) is 0 Å². The molecule has 0 bridgehead atoms. The summed E-state index contributed by atoms with van der Waals surface area (Å²) in [6.45, 7) is 4.32. The Morgan fingerprint density at radius 1 is 1.07 bits per heavy atom. The summed E-state index contributed by atoms with van der Waals surface area (Å²) in [5.74, 6) is -0.0746. The summed E-state index contributed by atoms with van der Waals surface area (Å²) in [6.07, 6.45) is 1.87. The Hall–Kier alpha value is -3.74. The van der Waals surface area contributed by atoms with Gasteiger partial charge in [0, 0.05) is 31.2 Å². The Morgan fingerprint density at radius 3 is 2.45 bits per heavy atom. The van der Waals surface area contributed by atoms with E-state index in [-0.39, 0.29) is 24.7 Å². The molecule has 7 nitrogen and oxygen atoms in total. The summed E-state index contributed by atoms with van der Waals surface area (Å²) in [5, 5.41) is 22.5. The van der Waals surface area contributed by atoms with E-state index in [0.29, 0.717) is 11.3 Å². The highest BCUT2D eigenvalue weighted by Crippen LogP contribution is 2.28. The number of rotatable bonds is 5. The fraction of sp³-hybridized carbons (Fsp3) is 0.182. The second-order valence-electron chi connectivity index (χ2n) is 7.02. The van der Waals surface area contributed by atoms with Crippen LogP contribution in [-0.2, 0) is 17.9 Å². The minimum absolute atomic E-state index is 0.0553. The van der Waals surface area contributed by atoms with Gasteiger partial charge in [-0.15, -0.1) is 15.0 Å². The monoisotopic (exact) mass is 388 g/mol. The Morgan fingerprint density at radius 2 is 1.76 bits per heavy atom. The number of phenols is 1. The number of amides is 1. The van der Waals surface area contributed by atoms with Crippen LogP contribution >= 0.6 is 0 Å². The first-order valence-electron chi connectivity index (χ1n) is 9.38. The number of carbonyl (C=O) groups is 1. The normalized spacial score (nSPS) is 11.0. The van der Waals surface area contributed by atoms with E-state index in [2.05, 4.69) is 15.5 Å². The van der Waals surface area contributed by atoms with Gasteiger partial charge in [-0.25, -0.2) is 0 Å². The topological polar surface area (TPSA) is 83.9 Å². The van der Waals surface area contributed by atoms with Crippen molar-refractivity contribution in [1.82, 2.24) is 20.3 Å². The lowest BCUT2D eigenvalue weighted by atomic mass is 10.1. The van der Waals surface area contributed by atoms with E-state index in [9.17, 15) is 9.90 Å². The molecule has 0 aliphatic rings. The predicted octanol–water partition coefficient (Wildman–Crippen LogP) is 2.35. The highest BCUT2D eigenvalue weighted by Gasteiger charge is 2.16.